The summed E-state index contributed by atoms with van der Waals surface area (Å²) in [7, 11) is -1.90. The van der Waals surface area contributed by atoms with E-state index in [2.05, 4.69) is 5.32 Å². The fourth-order valence-corrected chi connectivity index (χ4v) is 4.82. The minimum atomic E-state index is -4.76. The first-order valence-electron chi connectivity index (χ1n) is 10.0. The molecule has 0 unspecified atom stereocenters. The van der Waals surface area contributed by atoms with Crippen molar-refractivity contribution in [2.45, 2.75) is 11.1 Å². The number of anilines is 2. The number of carbonyl (C=O) groups is 1. The fourth-order valence-electron chi connectivity index (χ4n) is 3.22. The Morgan fingerprint density at radius 3 is 2.28 bits per heavy atom. The molecular formula is C23H19ClF4N2O5S. The van der Waals surface area contributed by atoms with E-state index in [0.29, 0.717) is 4.31 Å². The number of sulfonamides is 1. The van der Waals surface area contributed by atoms with Gasteiger partial charge in [-0.05, 0) is 42.5 Å². The zero-order chi connectivity index (χ0) is 26.7. The molecule has 1 N–H and O–H groups in total. The molecule has 0 spiro atoms. The van der Waals surface area contributed by atoms with E-state index in [-0.39, 0.29) is 22.1 Å². The van der Waals surface area contributed by atoms with E-state index < -0.39 is 50.7 Å². The lowest BCUT2D eigenvalue weighted by Crippen LogP contribution is -2.38. The summed E-state index contributed by atoms with van der Waals surface area (Å²) in [5.74, 6) is -1.63. The highest BCUT2D eigenvalue weighted by molar-refractivity contribution is 7.92. The Bertz CT molecular complexity index is 1380. The van der Waals surface area contributed by atoms with Crippen LogP contribution in [0.5, 0.6) is 11.5 Å². The highest BCUT2D eigenvalue weighted by atomic mass is 35.5. The third-order valence-corrected chi connectivity index (χ3v) is 6.99. The topological polar surface area (TPSA) is 84.9 Å². The van der Waals surface area contributed by atoms with Crippen molar-refractivity contribution >= 4 is 38.9 Å². The number of amides is 1. The molecule has 192 valence electrons. The van der Waals surface area contributed by atoms with Crippen LogP contribution >= 0.6 is 11.6 Å². The molecule has 0 aromatic heterocycles. The third kappa shape index (κ3) is 5.82. The lowest BCUT2D eigenvalue weighted by Gasteiger charge is -2.25. The molecule has 0 fully saturated rings. The Labute approximate surface area is 209 Å². The van der Waals surface area contributed by atoms with Gasteiger partial charge in [0.1, 0.15) is 12.4 Å². The summed E-state index contributed by atoms with van der Waals surface area (Å²) in [5.41, 5.74) is -1.87. The number of hydrogen-bond acceptors (Lipinski definition) is 5. The predicted molar refractivity (Wildman–Crippen MR) is 126 cm³/mol. The zero-order valence-electron chi connectivity index (χ0n) is 18.8. The number of ether oxygens (including phenoxy) is 2. The summed E-state index contributed by atoms with van der Waals surface area (Å²) in [4.78, 5) is 12.5. The first-order valence-corrected chi connectivity index (χ1v) is 11.9. The minimum absolute atomic E-state index is 0.0687. The molecule has 1 amide bonds. The van der Waals surface area contributed by atoms with Gasteiger partial charge in [-0.3, -0.25) is 9.10 Å². The maximum absolute atomic E-state index is 13.8. The smallest absolute Gasteiger partial charge is 0.418 e. The Morgan fingerprint density at radius 2 is 1.67 bits per heavy atom. The third-order valence-electron chi connectivity index (χ3n) is 4.93. The van der Waals surface area contributed by atoms with Gasteiger partial charge in [0.15, 0.2) is 11.5 Å². The average Bonchev–Trinajstić information content (AvgIpc) is 2.83. The number of methoxy groups -OCH3 is 2. The first-order chi connectivity index (χ1) is 16.9. The second-order valence-electron chi connectivity index (χ2n) is 7.22. The molecule has 0 aliphatic rings. The van der Waals surface area contributed by atoms with Crippen molar-refractivity contribution in [3.8, 4) is 11.5 Å². The molecule has 3 aromatic carbocycles. The number of nitrogens with zero attached hydrogens (tertiary/aromatic N) is 1. The molecular weight excluding hydrogens is 528 g/mol. The summed E-state index contributed by atoms with van der Waals surface area (Å²) >= 11 is 5.82. The maximum atomic E-state index is 13.8. The average molecular weight is 547 g/mol. The predicted octanol–water partition coefficient (Wildman–Crippen LogP) is 5.35. The van der Waals surface area contributed by atoms with Gasteiger partial charge < -0.3 is 14.8 Å². The van der Waals surface area contributed by atoms with Crippen molar-refractivity contribution in [1.29, 1.82) is 0 Å². The summed E-state index contributed by atoms with van der Waals surface area (Å²) in [6.07, 6.45) is -4.76. The van der Waals surface area contributed by atoms with Gasteiger partial charge in [0.25, 0.3) is 10.0 Å². The van der Waals surface area contributed by atoms with Crippen LogP contribution in [0.15, 0.2) is 65.6 Å². The zero-order valence-corrected chi connectivity index (χ0v) is 20.3. The number of alkyl halides is 3. The lowest BCUT2D eigenvalue weighted by molar-refractivity contribution is -0.137. The molecule has 0 aliphatic carbocycles. The van der Waals surface area contributed by atoms with Crippen LogP contribution in [-0.4, -0.2) is 35.1 Å². The summed E-state index contributed by atoms with van der Waals surface area (Å²) in [6.45, 7) is -0.954. The fraction of sp³-hybridized carbons (Fsp3) is 0.174. The molecule has 0 saturated heterocycles. The van der Waals surface area contributed by atoms with Crippen LogP contribution in [0.3, 0.4) is 0 Å². The second kappa shape index (κ2) is 10.6. The van der Waals surface area contributed by atoms with E-state index in [9.17, 15) is 30.8 Å². The van der Waals surface area contributed by atoms with Gasteiger partial charge in [-0.1, -0.05) is 23.7 Å². The SMILES string of the molecule is COc1ccc(S(=O)(=O)N(CC(=O)Nc2ccccc2C(F)(F)F)c2ccc(F)c(Cl)c2)cc1OC. The number of hydrogen-bond donors (Lipinski definition) is 1. The Hall–Kier alpha value is -3.51. The first kappa shape index (κ1) is 27.1. The molecule has 3 rings (SSSR count). The molecule has 0 bridgehead atoms. The highest BCUT2D eigenvalue weighted by Gasteiger charge is 2.34. The maximum Gasteiger partial charge on any atom is 0.418 e. The highest BCUT2D eigenvalue weighted by Crippen LogP contribution is 2.35. The molecule has 13 heteroatoms. The van der Waals surface area contributed by atoms with Crippen molar-refractivity contribution in [3.05, 3.63) is 77.1 Å². The molecule has 0 atom stereocenters. The largest absolute Gasteiger partial charge is 0.493 e. The van der Waals surface area contributed by atoms with Gasteiger partial charge >= 0.3 is 6.18 Å². The van der Waals surface area contributed by atoms with E-state index in [0.717, 1.165) is 42.5 Å². The van der Waals surface area contributed by atoms with E-state index >= 15 is 0 Å². The van der Waals surface area contributed by atoms with Gasteiger partial charge in [-0.25, -0.2) is 12.8 Å². The van der Waals surface area contributed by atoms with Crippen LogP contribution in [0.25, 0.3) is 0 Å². The molecule has 0 heterocycles. The van der Waals surface area contributed by atoms with Crippen LogP contribution in [0.1, 0.15) is 5.56 Å². The van der Waals surface area contributed by atoms with E-state index in [1.807, 2.05) is 0 Å². The minimum Gasteiger partial charge on any atom is -0.493 e. The van der Waals surface area contributed by atoms with Gasteiger partial charge in [-0.15, -0.1) is 0 Å². The van der Waals surface area contributed by atoms with Gasteiger partial charge in [0.05, 0.1) is 41.1 Å². The van der Waals surface area contributed by atoms with Crippen molar-refractivity contribution in [2.24, 2.45) is 0 Å². The standard InChI is InChI=1S/C23H19ClF4N2O5S/c1-34-20-10-8-15(12-21(20)35-2)36(32,33)30(14-7-9-18(25)17(24)11-14)13-22(31)29-19-6-4-3-5-16(19)23(26,27)28/h3-12H,13H2,1-2H3,(H,29,31). The van der Waals surface area contributed by atoms with Crippen molar-refractivity contribution in [3.63, 3.8) is 0 Å². The van der Waals surface area contributed by atoms with Crippen molar-refractivity contribution < 1.29 is 40.2 Å². The molecule has 0 aliphatic heterocycles. The summed E-state index contributed by atoms with van der Waals surface area (Å²) < 4.78 is 91.6. The second-order valence-corrected chi connectivity index (χ2v) is 9.49. The number of carbonyl (C=O) groups excluding carboxylic acids is 1. The summed E-state index contributed by atoms with van der Waals surface area (Å²) in [6, 6.07) is 10.8. The quantitative estimate of drug-likeness (QED) is 0.385. The molecule has 36 heavy (non-hydrogen) atoms. The van der Waals surface area contributed by atoms with Gasteiger partial charge in [0, 0.05) is 6.07 Å². The lowest BCUT2D eigenvalue weighted by atomic mass is 10.1. The number of halogens is 5. The number of nitrogens with one attached hydrogen (secondary N) is 1. The van der Waals surface area contributed by atoms with Crippen LogP contribution in [-0.2, 0) is 21.0 Å². The van der Waals surface area contributed by atoms with Crippen LogP contribution in [0.2, 0.25) is 5.02 Å². The Kier molecular flexibility index (Phi) is 7.99. The van der Waals surface area contributed by atoms with E-state index in [1.54, 1.807) is 0 Å². The molecule has 0 radical (unpaired) electrons. The molecule has 3 aromatic rings. The summed E-state index contributed by atoms with van der Waals surface area (Å²) in [5, 5.41) is 1.66. The van der Waals surface area contributed by atoms with Crippen LogP contribution in [0.4, 0.5) is 28.9 Å². The molecule has 0 saturated carbocycles. The number of rotatable bonds is 8. The normalized spacial score (nSPS) is 11.6. The molecule has 7 nitrogen and oxygen atoms in total. The Morgan fingerprint density at radius 1 is 1.00 bits per heavy atom. The van der Waals surface area contributed by atoms with E-state index in [1.165, 1.54) is 32.4 Å². The van der Waals surface area contributed by atoms with E-state index in [4.69, 9.17) is 21.1 Å². The van der Waals surface area contributed by atoms with Crippen LogP contribution in [0, 0.1) is 5.82 Å². The van der Waals surface area contributed by atoms with Gasteiger partial charge in [-0.2, -0.15) is 13.2 Å². The number of para-hydroxylation sites is 1. The Balaban J connectivity index is 2.04. The van der Waals surface area contributed by atoms with Gasteiger partial charge in [0.2, 0.25) is 5.91 Å². The van der Waals surface area contributed by atoms with Crippen molar-refractivity contribution in [1.82, 2.24) is 0 Å². The van der Waals surface area contributed by atoms with Crippen LogP contribution < -0.4 is 19.1 Å². The van der Waals surface area contributed by atoms with Crippen molar-refractivity contribution in [2.75, 3.05) is 30.4 Å². The monoisotopic (exact) mass is 546 g/mol. The number of benzene rings is 3.